The highest BCUT2D eigenvalue weighted by Crippen LogP contribution is 2.13. The Balaban J connectivity index is 2.08. The van der Waals surface area contributed by atoms with Crippen molar-refractivity contribution in [1.82, 2.24) is 9.71 Å². The number of aliphatic hydroxyl groups is 1. The van der Waals surface area contributed by atoms with Gasteiger partial charge in [-0.25, -0.2) is 13.1 Å². The van der Waals surface area contributed by atoms with Crippen LogP contribution in [0.2, 0.25) is 0 Å². The molecule has 0 spiro atoms. The molecule has 0 aliphatic rings. The van der Waals surface area contributed by atoms with Crippen LogP contribution in [0.15, 0.2) is 48.7 Å². The summed E-state index contributed by atoms with van der Waals surface area (Å²) < 4.78 is 27.0. The first-order chi connectivity index (χ1) is 10.00. The summed E-state index contributed by atoms with van der Waals surface area (Å²) >= 11 is 0. The van der Waals surface area contributed by atoms with Crippen LogP contribution in [-0.4, -0.2) is 18.5 Å². The molecule has 1 aromatic heterocycles. The predicted octanol–water partition coefficient (Wildman–Crippen LogP) is 1.75. The van der Waals surface area contributed by atoms with E-state index >= 15 is 0 Å². The van der Waals surface area contributed by atoms with Gasteiger partial charge in [-0.15, -0.1) is 0 Å². The lowest BCUT2D eigenvalue weighted by molar-refractivity contribution is 0.282. The molecule has 2 N–H and O–H groups in total. The molecule has 0 saturated heterocycles. The van der Waals surface area contributed by atoms with Crippen molar-refractivity contribution >= 4 is 10.0 Å². The minimum absolute atomic E-state index is 0.106. The van der Waals surface area contributed by atoms with Gasteiger partial charge >= 0.3 is 0 Å². The van der Waals surface area contributed by atoms with Crippen LogP contribution in [0.3, 0.4) is 0 Å². The molecule has 0 aliphatic carbocycles. The minimum Gasteiger partial charge on any atom is -0.392 e. The van der Waals surface area contributed by atoms with Gasteiger partial charge in [-0.2, -0.15) is 0 Å². The maximum Gasteiger partial charge on any atom is 0.216 e. The maximum atomic E-state index is 12.2. The molecule has 0 fully saturated rings. The normalized spacial score (nSPS) is 13.0. The molecule has 1 heterocycles. The minimum atomic E-state index is -3.48. The number of aliphatic hydroxyl groups excluding tert-OH is 1. The van der Waals surface area contributed by atoms with Gasteiger partial charge in [0, 0.05) is 6.20 Å². The van der Waals surface area contributed by atoms with Gasteiger partial charge in [0.15, 0.2) is 0 Å². The van der Waals surface area contributed by atoms with Crippen LogP contribution in [0.25, 0.3) is 0 Å². The number of sulfonamides is 1. The number of hydrogen-bond acceptors (Lipinski definition) is 4. The highest BCUT2D eigenvalue weighted by molar-refractivity contribution is 7.88. The molecule has 0 radical (unpaired) electrons. The van der Waals surface area contributed by atoms with Crippen LogP contribution >= 0.6 is 0 Å². The Morgan fingerprint density at radius 3 is 2.62 bits per heavy atom. The van der Waals surface area contributed by atoms with Gasteiger partial charge in [-0.3, -0.25) is 4.98 Å². The van der Waals surface area contributed by atoms with Gasteiger partial charge in [0.2, 0.25) is 10.0 Å². The standard InChI is InChI=1S/C15H18N2O3S/c1-12(15-7-2-3-8-16-15)17-21(19,20)11-14-6-4-5-13(9-14)10-18/h2-9,12,17-18H,10-11H2,1H3. The Kier molecular flexibility index (Phi) is 5.06. The first kappa shape index (κ1) is 15.6. The Morgan fingerprint density at radius 1 is 1.19 bits per heavy atom. The molecule has 1 atom stereocenters. The molecule has 112 valence electrons. The average molecular weight is 306 g/mol. The smallest absolute Gasteiger partial charge is 0.216 e. The van der Waals surface area contributed by atoms with E-state index in [0.717, 1.165) is 0 Å². The van der Waals surface area contributed by atoms with E-state index in [4.69, 9.17) is 5.11 Å². The van der Waals surface area contributed by atoms with Gasteiger partial charge in [0.05, 0.1) is 24.1 Å². The van der Waals surface area contributed by atoms with E-state index in [9.17, 15) is 8.42 Å². The molecule has 0 amide bonds. The topological polar surface area (TPSA) is 79.3 Å². The van der Waals surface area contributed by atoms with E-state index in [1.807, 2.05) is 6.07 Å². The fraction of sp³-hybridized carbons (Fsp3) is 0.267. The van der Waals surface area contributed by atoms with Crippen molar-refractivity contribution in [3.8, 4) is 0 Å². The number of rotatable bonds is 6. The number of benzene rings is 1. The summed E-state index contributed by atoms with van der Waals surface area (Å²) in [6, 6.07) is 11.9. The van der Waals surface area contributed by atoms with Crippen molar-refractivity contribution < 1.29 is 13.5 Å². The van der Waals surface area contributed by atoms with Crippen molar-refractivity contribution in [1.29, 1.82) is 0 Å². The third-order valence-corrected chi connectivity index (χ3v) is 4.44. The quantitative estimate of drug-likeness (QED) is 0.852. The summed E-state index contributed by atoms with van der Waals surface area (Å²) in [5.41, 5.74) is 2.01. The van der Waals surface area contributed by atoms with E-state index in [0.29, 0.717) is 16.8 Å². The molecule has 1 aromatic carbocycles. The monoisotopic (exact) mass is 306 g/mol. The summed E-state index contributed by atoms with van der Waals surface area (Å²) in [6.45, 7) is 1.65. The second kappa shape index (κ2) is 6.80. The van der Waals surface area contributed by atoms with Crippen molar-refractivity contribution in [2.24, 2.45) is 0 Å². The number of pyridine rings is 1. The first-order valence-electron chi connectivity index (χ1n) is 6.60. The lowest BCUT2D eigenvalue weighted by atomic mass is 10.1. The van der Waals surface area contributed by atoms with Crippen LogP contribution in [-0.2, 0) is 22.4 Å². The van der Waals surface area contributed by atoms with Crippen LogP contribution < -0.4 is 4.72 Å². The van der Waals surface area contributed by atoms with E-state index in [2.05, 4.69) is 9.71 Å². The second-order valence-electron chi connectivity index (χ2n) is 4.83. The zero-order chi connectivity index (χ0) is 15.3. The van der Waals surface area contributed by atoms with Crippen LogP contribution in [0.4, 0.5) is 0 Å². The first-order valence-corrected chi connectivity index (χ1v) is 8.25. The van der Waals surface area contributed by atoms with Gasteiger partial charge < -0.3 is 5.11 Å². The van der Waals surface area contributed by atoms with Crippen LogP contribution in [0.1, 0.15) is 29.8 Å². The summed E-state index contributed by atoms with van der Waals surface area (Å²) in [7, 11) is -3.48. The molecular formula is C15H18N2O3S. The lowest BCUT2D eigenvalue weighted by Gasteiger charge is -2.14. The zero-order valence-corrected chi connectivity index (χ0v) is 12.5. The fourth-order valence-electron chi connectivity index (χ4n) is 2.04. The van der Waals surface area contributed by atoms with Crippen molar-refractivity contribution in [3.05, 3.63) is 65.5 Å². The number of nitrogens with zero attached hydrogens (tertiary/aromatic N) is 1. The summed E-state index contributed by atoms with van der Waals surface area (Å²) in [5, 5.41) is 9.08. The molecule has 0 aliphatic heterocycles. The Labute approximate surface area is 124 Å². The SMILES string of the molecule is CC(NS(=O)(=O)Cc1cccc(CO)c1)c1ccccn1. The zero-order valence-electron chi connectivity index (χ0n) is 11.7. The molecule has 2 aromatic rings. The van der Waals surface area contributed by atoms with Crippen molar-refractivity contribution in [3.63, 3.8) is 0 Å². The second-order valence-corrected chi connectivity index (χ2v) is 6.59. The van der Waals surface area contributed by atoms with Crippen LogP contribution in [0.5, 0.6) is 0 Å². The van der Waals surface area contributed by atoms with Gasteiger partial charge in [0.1, 0.15) is 0 Å². The highest BCUT2D eigenvalue weighted by atomic mass is 32.2. The molecule has 0 saturated carbocycles. The number of nitrogens with one attached hydrogen (secondary N) is 1. The molecule has 21 heavy (non-hydrogen) atoms. The molecule has 1 unspecified atom stereocenters. The predicted molar refractivity (Wildman–Crippen MR) is 80.8 cm³/mol. The molecule has 6 heteroatoms. The Hall–Kier alpha value is -1.76. The molecular weight excluding hydrogens is 288 g/mol. The summed E-state index contributed by atoms with van der Waals surface area (Å²) in [6.07, 6.45) is 1.63. The lowest BCUT2D eigenvalue weighted by Crippen LogP contribution is -2.28. The summed E-state index contributed by atoms with van der Waals surface area (Å²) in [4.78, 5) is 4.14. The molecule has 2 rings (SSSR count). The third kappa shape index (κ3) is 4.63. The van der Waals surface area contributed by atoms with Gasteiger partial charge in [-0.05, 0) is 30.2 Å². The number of aromatic nitrogens is 1. The van der Waals surface area contributed by atoms with E-state index in [-0.39, 0.29) is 12.4 Å². The van der Waals surface area contributed by atoms with Gasteiger partial charge in [0.25, 0.3) is 0 Å². The van der Waals surface area contributed by atoms with Crippen LogP contribution in [0, 0.1) is 0 Å². The molecule has 0 bridgehead atoms. The van der Waals surface area contributed by atoms with Gasteiger partial charge in [-0.1, -0.05) is 30.3 Å². The third-order valence-electron chi connectivity index (χ3n) is 3.02. The largest absolute Gasteiger partial charge is 0.392 e. The molecule has 5 nitrogen and oxygen atoms in total. The van der Waals surface area contributed by atoms with Crippen molar-refractivity contribution in [2.45, 2.75) is 25.3 Å². The van der Waals surface area contributed by atoms with Crippen molar-refractivity contribution in [2.75, 3.05) is 0 Å². The van der Waals surface area contributed by atoms with E-state index in [1.165, 1.54) is 0 Å². The highest BCUT2D eigenvalue weighted by Gasteiger charge is 2.17. The average Bonchev–Trinajstić information content (AvgIpc) is 2.47. The van der Waals surface area contributed by atoms with E-state index < -0.39 is 16.1 Å². The fourth-order valence-corrected chi connectivity index (χ4v) is 3.40. The number of hydrogen-bond donors (Lipinski definition) is 2. The Morgan fingerprint density at radius 2 is 1.95 bits per heavy atom. The van der Waals surface area contributed by atoms with E-state index in [1.54, 1.807) is 49.5 Å². The maximum absolute atomic E-state index is 12.2. The Bertz CT molecular complexity index is 687. The summed E-state index contributed by atoms with van der Waals surface area (Å²) in [5.74, 6) is -0.127.